The minimum absolute atomic E-state index is 0.00158. The fraction of sp³-hybridized carbons (Fsp3) is 0.761. The van der Waals surface area contributed by atoms with E-state index in [1.54, 1.807) is 87.6 Å². The van der Waals surface area contributed by atoms with Crippen molar-refractivity contribution in [1.29, 1.82) is 0 Å². The van der Waals surface area contributed by atoms with Gasteiger partial charge in [-0.15, -0.1) is 0 Å². The number of primary amides is 1. The second kappa shape index (κ2) is 29.5. The summed E-state index contributed by atoms with van der Waals surface area (Å²) in [6, 6.07) is 0.126. The smallest absolute Gasteiger partial charge is 0.311 e. The van der Waals surface area contributed by atoms with Gasteiger partial charge in [-0.1, -0.05) is 27.7 Å². The average Bonchev–Trinajstić information content (AvgIpc) is 0.699. The number of benzene rings is 1. The third-order valence-corrected chi connectivity index (χ3v) is 20.5. The number of ketones is 3. The Labute approximate surface area is 552 Å². The first-order chi connectivity index (χ1) is 43.3. The molecule has 1 aromatic carbocycles. The van der Waals surface area contributed by atoms with E-state index in [0.29, 0.717) is 17.7 Å². The zero-order valence-electron chi connectivity index (χ0n) is 58.7. The van der Waals surface area contributed by atoms with Gasteiger partial charge in [0.05, 0.1) is 71.5 Å². The molecular formula is C67H108N6O21. The monoisotopic (exact) mass is 1330 g/mol. The Kier molecular flexibility index (Phi) is 24.4. The number of likely N-dealkylation sites (N-methyl/N-ethyl adjacent to an activating group) is 2. The lowest BCUT2D eigenvalue weighted by Crippen LogP contribution is -2.65. The summed E-state index contributed by atoms with van der Waals surface area (Å²) in [5.74, 6) is -12.3. The molecule has 3 saturated heterocycles. The number of aliphatic hydroxyl groups is 7. The van der Waals surface area contributed by atoms with Crippen LogP contribution in [0.1, 0.15) is 133 Å². The number of phenolic OH excluding ortho intramolecular Hbond substituents is 1. The van der Waals surface area contributed by atoms with Gasteiger partial charge >= 0.3 is 5.97 Å². The number of hydrogen-bond acceptors (Lipinski definition) is 25. The SMILES string of the molecule is CC[C@H]1OC(=O)[C@H](C)[C@@H](O[C@H]2C[C@@](C)(OC)[C@@H](O)[C@H](C)O2)[C@H](C)[C@@H](O[C@@H]2O[C@H](C)C[C@H](N(C)C)[C@H]2O)[C@](C)(OC)C[C@@H](C)C(=O)[C@H](C)[C@@H](O)[C@]1(C)O.CN(C)c1cc(NC(=O)CNC(C)(C)C)c(O)c2c1C[C@H]1C[C@H]3[C@H](N(C)C)C(=O)C(C(N)=O)=C(O)[C@@]3(O)C(=O)C1=C2O. The van der Waals surface area contributed by atoms with Crippen molar-refractivity contribution in [2.45, 2.75) is 230 Å². The number of rotatable bonds is 14. The molecule has 4 fully saturated rings. The van der Waals surface area contributed by atoms with E-state index >= 15 is 0 Å². The number of ether oxygens (including phenoxy) is 7. The highest BCUT2D eigenvalue weighted by molar-refractivity contribution is 6.24. The van der Waals surface area contributed by atoms with Crippen LogP contribution < -0.4 is 21.3 Å². The van der Waals surface area contributed by atoms with Crippen molar-refractivity contribution in [3.63, 3.8) is 0 Å². The predicted octanol–water partition coefficient (Wildman–Crippen LogP) is 2.80. The van der Waals surface area contributed by atoms with E-state index in [1.165, 1.54) is 26.0 Å². The largest absolute Gasteiger partial charge is 0.508 e. The van der Waals surface area contributed by atoms with Crippen LogP contribution in [0.5, 0.6) is 5.75 Å². The van der Waals surface area contributed by atoms with E-state index in [2.05, 4.69) is 10.6 Å². The van der Waals surface area contributed by atoms with E-state index in [0.717, 1.165) is 0 Å². The number of aliphatic hydroxyl groups excluding tert-OH is 5. The molecule has 1 saturated carbocycles. The Morgan fingerprint density at radius 2 is 1.43 bits per heavy atom. The van der Waals surface area contributed by atoms with Crippen LogP contribution in [0.15, 0.2) is 23.0 Å². The van der Waals surface area contributed by atoms with Gasteiger partial charge in [0.2, 0.25) is 11.7 Å². The summed E-state index contributed by atoms with van der Waals surface area (Å²) in [5.41, 5.74) is -2.13. The topological polar surface area (TPSA) is 389 Å². The van der Waals surface area contributed by atoms with Crippen LogP contribution in [0.2, 0.25) is 0 Å². The molecule has 2 amide bonds. The van der Waals surface area contributed by atoms with Crippen LogP contribution in [0, 0.1) is 35.5 Å². The summed E-state index contributed by atoms with van der Waals surface area (Å²) in [6.07, 6.45) is -8.61. The Morgan fingerprint density at radius 1 is 0.819 bits per heavy atom. The Hall–Kier alpha value is -5.24. The zero-order chi connectivity index (χ0) is 71.3. The van der Waals surface area contributed by atoms with Gasteiger partial charge in [0.1, 0.15) is 52.5 Å². The molecule has 0 bridgehead atoms. The van der Waals surface area contributed by atoms with Crippen molar-refractivity contribution < 1.29 is 103 Å². The summed E-state index contributed by atoms with van der Waals surface area (Å²) in [7, 11) is 13.3. The molecule has 22 atom stereocenters. The van der Waals surface area contributed by atoms with Crippen LogP contribution in [-0.2, 0) is 68.3 Å². The summed E-state index contributed by atoms with van der Waals surface area (Å²) in [6.45, 7) is 22.7. The van der Waals surface area contributed by atoms with Crippen molar-refractivity contribution in [3.05, 3.63) is 34.1 Å². The number of carbonyl (C=O) groups excluding carboxylic acids is 6. The predicted molar refractivity (Wildman–Crippen MR) is 346 cm³/mol. The summed E-state index contributed by atoms with van der Waals surface area (Å²) in [4.78, 5) is 85.4. The van der Waals surface area contributed by atoms with E-state index in [4.69, 9.17) is 38.9 Å². The quantitative estimate of drug-likeness (QED) is 0.0724. The Bertz CT molecular complexity index is 3040. The minimum Gasteiger partial charge on any atom is -0.508 e. The zero-order valence-corrected chi connectivity index (χ0v) is 58.7. The van der Waals surface area contributed by atoms with Crippen molar-refractivity contribution in [2.75, 3.05) is 73.3 Å². The molecule has 532 valence electrons. The molecule has 7 rings (SSSR count). The highest BCUT2D eigenvalue weighted by Crippen LogP contribution is 2.55. The van der Waals surface area contributed by atoms with Gasteiger partial charge < -0.3 is 100 Å². The first-order valence-electron chi connectivity index (χ1n) is 32.5. The molecule has 3 heterocycles. The van der Waals surface area contributed by atoms with Gasteiger partial charge in [-0.2, -0.15) is 0 Å². The summed E-state index contributed by atoms with van der Waals surface area (Å²) >= 11 is 0. The van der Waals surface area contributed by atoms with E-state index < -0.39 is 171 Å². The fourth-order valence-electron chi connectivity index (χ4n) is 14.9. The van der Waals surface area contributed by atoms with Gasteiger partial charge in [-0.25, -0.2) is 0 Å². The number of fused-ring (bicyclic) bond motifs is 3. The molecule has 0 radical (unpaired) electrons. The number of methoxy groups -OCH3 is 2. The summed E-state index contributed by atoms with van der Waals surface area (Å²) < 4.78 is 43.9. The second-order valence-corrected chi connectivity index (χ2v) is 29.3. The number of nitrogens with two attached hydrogens (primary N) is 1. The maximum Gasteiger partial charge on any atom is 0.311 e. The van der Waals surface area contributed by atoms with Crippen LogP contribution in [0.25, 0.3) is 5.76 Å². The third-order valence-electron chi connectivity index (χ3n) is 20.5. The maximum atomic E-state index is 14.2. The lowest BCUT2D eigenvalue weighted by Gasteiger charge is -2.50. The van der Waals surface area contributed by atoms with Crippen LogP contribution in [-0.4, -0.2) is 250 Å². The number of hydrogen-bond donors (Lipinski definition) is 11. The molecule has 0 spiro atoms. The minimum atomic E-state index is -2.73. The number of carbonyl (C=O) groups is 6. The molecular weight excluding hydrogens is 1220 g/mol. The van der Waals surface area contributed by atoms with Crippen molar-refractivity contribution in [3.8, 4) is 5.75 Å². The number of phenols is 1. The van der Waals surface area contributed by atoms with Gasteiger partial charge in [0, 0.05) is 81.2 Å². The van der Waals surface area contributed by atoms with Gasteiger partial charge in [-0.05, 0) is 140 Å². The van der Waals surface area contributed by atoms with E-state index in [1.807, 2.05) is 53.6 Å². The Balaban J connectivity index is 0.000000304. The fourth-order valence-corrected chi connectivity index (χ4v) is 14.9. The molecule has 12 N–H and O–H groups in total. The van der Waals surface area contributed by atoms with Crippen molar-refractivity contribution in [2.24, 2.45) is 41.2 Å². The lowest BCUT2D eigenvalue weighted by atomic mass is 9.57. The molecule has 27 nitrogen and oxygen atoms in total. The molecule has 1 aromatic rings. The molecule has 6 aliphatic rings. The highest BCUT2D eigenvalue weighted by Gasteiger charge is 2.65. The molecule has 3 aliphatic heterocycles. The number of aromatic hydroxyl groups is 1. The number of nitrogens with zero attached hydrogens (tertiary/aromatic N) is 3. The Morgan fingerprint density at radius 3 is 1.96 bits per heavy atom. The third kappa shape index (κ3) is 15.2. The number of esters is 1. The van der Waals surface area contributed by atoms with Crippen molar-refractivity contribution in [1.82, 2.24) is 15.1 Å². The maximum absolute atomic E-state index is 14.2. The first-order valence-corrected chi connectivity index (χ1v) is 32.5. The number of cyclic esters (lactones) is 1. The molecule has 27 heteroatoms. The van der Waals surface area contributed by atoms with Crippen LogP contribution in [0.3, 0.4) is 0 Å². The molecule has 0 aromatic heterocycles. The second-order valence-electron chi connectivity index (χ2n) is 29.3. The standard InChI is InChI=1S/C38H69NO13.C29H39N5O8/c1-15-26-38(10,45)31(42)21(4)28(40)19(2)17-37(9,47-14)33(52-35-29(41)25(39(11)12)16-20(3)48-35)22(5)30(23(6)34(44)50-26)51-27-18-36(8,46-13)32(43)24(7)49-27;1-28(2,3)31-11-17(35)32-15-10-16(33(4)5)13-8-12-9-14-21(34(6)7)24(38)20(27(30)41)26(40)29(14,42)25(39)18(12)23(37)19(13)22(15)36/h19-27,29-33,35,41-43,45H,15-18H2,1-14H3;10,12,14,21,31,36-37,40,42H,8-9,11H2,1-7H3,(H2,30,41)(H,32,35)/t19-,20-,21+,22+,23-,24+,25+,26-,27+,29-,30+,31-,32+,33-,35+,36-,37-,38-;12-,14-,21-,29-/m10/s1. The van der Waals surface area contributed by atoms with Crippen molar-refractivity contribution >= 4 is 52.3 Å². The number of Topliss-reactive ketones (excluding diaryl/α,β-unsaturated/α-hetero) is 3. The molecule has 0 unspecified atom stereocenters. The lowest BCUT2D eigenvalue weighted by molar-refractivity contribution is -0.319. The van der Waals surface area contributed by atoms with Gasteiger partial charge in [-0.3, -0.25) is 33.7 Å². The number of nitrogens with one attached hydrogen (secondary N) is 2. The van der Waals surface area contributed by atoms with Crippen LogP contribution >= 0.6 is 0 Å². The molecule has 3 aliphatic carbocycles. The van der Waals surface area contributed by atoms with E-state index in [-0.39, 0.29) is 78.9 Å². The average molecular weight is 1330 g/mol. The highest BCUT2D eigenvalue weighted by atomic mass is 16.7. The van der Waals surface area contributed by atoms with Gasteiger partial charge in [0.25, 0.3) is 5.91 Å². The number of anilines is 2. The molecule has 94 heavy (non-hydrogen) atoms. The van der Waals surface area contributed by atoms with E-state index in [9.17, 15) is 69.6 Å². The van der Waals surface area contributed by atoms with Crippen LogP contribution in [0.4, 0.5) is 11.4 Å². The van der Waals surface area contributed by atoms with Gasteiger partial charge in [0.15, 0.2) is 24.0 Å². The number of amides is 2. The normalized spacial score (nSPS) is 38.6. The first kappa shape index (κ1) is 77.8. The summed E-state index contributed by atoms with van der Waals surface area (Å²) in [5, 5.41) is 96.8.